The monoisotopic (exact) mass is 377 g/mol. The Morgan fingerprint density at radius 3 is 2.43 bits per heavy atom. The zero-order valence-electron chi connectivity index (χ0n) is 16.0. The van der Waals surface area contributed by atoms with Gasteiger partial charge in [0.25, 0.3) is 5.91 Å². The first-order valence-electron chi connectivity index (χ1n) is 9.48. The second kappa shape index (κ2) is 6.78. The number of carbonyl (C=O) groups is 3. The topological polar surface area (TPSA) is 78.5 Å². The highest BCUT2D eigenvalue weighted by Gasteiger charge is 2.54. The van der Waals surface area contributed by atoms with Crippen molar-refractivity contribution in [2.24, 2.45) is 0 Å². The average molecular weight is 377 g/mol. The molecule has 1 saturated heterocycles. The molecule has 2 fully saturated rings. The van der Waals surface area contributed by atoms with E-state index in [0.29, 0.717) is 11.1 Å². The molecule has 2 aromatic rings. The molecular weight excluding hydrogens is 354 g/mol. The molecule has 1 atom stereocenters. The van der Waals surface area contributed by atoms with Crippen LogP contribution in [0.3, 0.4) is 0 Å². The van der Waals surface area contributed by atoms with Gasteiger partial charge in [-0.2, -0.15) is 0 Å². The molecule has 1 saturated carbocycles. The van der Waals surface area contributed by atoms with Gasteiger partial charge in [-0.3, -0.25) is 14.5 Å². The number of nitrogens with one attached hydrogen (secondary N) is 2. The Hall–Kier alpha value is -3.15. The van der Waals surface area contributed by atoms with E-state index >= 15 is 0 Å². The Kier molecular flexibility index (Phi) is 4.41. The van der Waals surface area contributed by atoms with Crippen LogP contribution in [-0.4, -0.2) is 35.3 Å². The SMILES string of the molecule is Cc1ccc([C@]2(c3ccccc3)NC(=O)N(CC(=O)NC3CC3)C2=O)cc1C. The molecule has 0 unspecified atom stereocenters. The van der Waals surface area contributed by atoms with Gasteiger partial charge in [-0.25, -0.2) is 4.79 Å². The average Bonchev–Trinajstić information content (AvgIpc) is 3.46. The number of hydrogen-bond acceptors (Lipinski definition) is 3. The summed E-state index contributed by atoms with van der Waals surface area (Å²) in [6.07, 6.45) is 1.89. The van der Waals surface area contributed by atoms with Crippen LogP contribution in [-0.2, 0) is 15.1 Å². The smallest absolute Gasteiger partial charge is 0.326 e. The molecule has 1 aliphatic carbocycles. The summed E-state index contributed by atoms with van der Waals surface area (Å²) in [6, 6.07) is 14.5. The molecule has 0 spiro atoms. The van der Waals surface area contributed by atoms with Crippen LogP contribution in [0, 0.1) is 13.8 Å². The first-order chi connectivity index (χ1) is 13.4. The second-order valence-corrected chi connectivity index (χ2v) is 7.58. The van der Waals surface area contributed by atoms with Crippen LogP contribution in [0.5, 0.6) is 0 Å². The molecule has 0 aromatic heterocycles. The summed E-state index contributed by atoms with van der Waals surface area (Å²) in [5, 5.41) is 5.71. The summed E-state index contributed by atoms with van der Waals surface area (Å²) < 4.78 is 0. The molecule has 2 aliphatic rings. The molecule has 0 bridgehead atoms. The maximum atomic E-state index is 13.5. The number of amides is 4. The first-order valence-corrected chi connectivity index (χ1v) is 9.48. The van der Waals surface area contributed by atoms with Crippen LogP contribution >= 0.6 is 0 Å². The number of benzene rings is 2. The molecule has 4 amide bonds. The van der Waals surface area contributed by atoms with E-state index in [0.717, 1.165) is 28.9 Å². The largest absolute Gasteiger partial charge is 0.352 e. The molecule has 0 radical (unpaired) electrons. The predicted octanol–water partition coefficient (Wildman–Crippen LogP) is 2.38. The van der Waals surface area contributed by atoms with E-state index in [1.807, 2.05) is 62.4 Å². The van der Waals surface area contributed by atoms with E-state index in [2.05, 4.69) is 10.6 Å². The van der Waals surface area contributed by atoms with Gasteiger partial charge in [0, 0.05) is 6.04 Å². The van der Waals surface area contributed by atoms with Crippen LogP contribution < -0.4 is 10.6 Å². The highest BCUT2D eigenvalue weighted by atomic mass is 16.2. The maximum Gasteiger partial charge on any atom is 0.326 e. The molecule has 1 heterocycles. The number of aryl methyl sites for hydroxylation is 2. The lowest BCUT2D eigenvalue weighted by atomic mass is 9.81. The van der Waals surface area contributed by atoms with E-state index in [4.69, 9.17) is 0 Å². The molecule has 2 aromatic carbocycles. The molecular formula is C22H23N3O3. The molecule has 6 nitrogen and oxygen atoms in total. The van der Waals surface area contributed by atoms with Crippen LogP contribution in [0.1, 0.15) is 35.1 Å². The van der Waals surface area contributed by atoms with Gasteiger partial charge in [0.1, 0.15) is 6.54 Å². The third kappa shape index (κ3) is 3.05. The standard InChI is InChI=1S/C22H23N3O3/c1-14-8-9-17(12-15(14)2)22(16-6-4-3-5-7-16)20(27)25(21(28)24-22)13-19(26)23-18-10-11-18/h3-9,12,18H,10-11,13H2,1-2H3,(H,23,26)(H,24,28)/t22-/m0/s1. The van der Waals surface area contributed by atoms with Crippen molar-refractivity contribution in [2.45, 2.75) is 38.3 Å². The van der Waals surface area contributed by atoms with Crippen molar-refractivity contribution in [1.29, 1.82) is 0 Å². The van der Waals surface area contributed by atoms with Gasteiger partial charge in [-0.05, 0) is 48.9 Å². The Balaban J connectivity index is 1.75. The van der Waals surface area contributed by atoms with Gasteiger partial charge in [-0.15, -0.1) is 0 Å². The molecule has 2 N–H and O–H groups in total. The fraction of sp³-hybridized carbons (Fsp3) is 0.318. The zero-order chi connectivity index (χ0) is 19.9. The molecule has 4 rings (SSSR count). The molecule has 28 heavy (non-hydrogen) atoms. The van der Waals surface area contributed by atoms with Crippen molar-refractivity contribution >= 4 is 17.8 Å². The van der Waals surface area contributed by atoms with Crippen LogP contribution in [0.4, 0.5) is 4.79 Å². The lowest BCUT2D eigenvalue weighted by Gasteiger charge is -2.28. The van der Waals surface area contributed by atoms with Crippen molar-refractivity contribution in [1.82, 2.24) is 15.5 Å². The van der Waals surface area contributed by atoms with Gasteiger partial charge in [-0.1, -0.05) is 48.5 Å². The number of nitrogens with zero attached hydrogens (tertiary/aromatic N) is 1. The van der Waals surface area contributed by atoms with Gasteiger partial charge in [0.05, 0.1) is 0 Å². The first kappa shape index (κ1) is 18.2. The van der Waals surface area contributed by atoms with Gasteiger partial charge in [0.15, 0.2) is 5.54 Å². The van der Waals surface area contributed by atoms with Crippen molar-refractivity contribution in [3.05, 3.63) is 70.8 Å². The summed E-state index contributed by atoms with van der Waals surface area (Å²) >= 11 is 0. The van der Waals surface area contributed by atoms with E-state index in [1.54, 1.807) is 0 Å². The zero-order valence-corrected chi connectivity index (χ0v) is 16.0. The van der Waals surface area contributed by atoms with E-state index in [9.17, 15) is 14.4 Å². The van der Waals surface area contributed by atoms with Crippen molar-refractivity contribution in [3.63, 3.8) is 0 Å². The highest BCUT2D eigenvalue weighted by molar-refractivity contribution is 6.11. The van der Waals surface area contributed by atoms with E-state index in [1.165, 1.54) is 0 Å². The van der Waals surface area contributed by atoms with Gasteiger partial charge in [0.2, 0.25) is 5.91 Å². The summed E-state index contributed by atoms with van der Waals surface area (Å²) in [6.45, 7) is 3.69. The summed E-state index contributed by atoms with van der Waals surface area (Å²) in [5.41, 5.74) is 2.15. The van der Waals surface area contributed by atoms with Gasteiger partial charge < -0.3 is 10.6 Å². The normalized spacial score (nSPS) is 21.6. The predicted molar refractivity (Wildman–Crippen MR) is 105 cm³/mol. The minimum absolute atomic E-state index is 0.173. The van der Waals surface area contributed by atoms with E-state index < -0.39 is 17.5 Å². The van der Waals surface area contributed by atoms with Crippen LogP contribution in [0.2, 0.25) is 0 Å². The lowest BCUT2D eigenvalue weighted by Crippen LogP contribution is -2.46. The third-order valence-electron chi connectivity index (χ3n) is 5.50. The van der Waals surface area contributed by atoms with Crippen molar-refractivity contribution in [2.75, 3.05) is 6.54 Å². The van der Waals surface area contributed by atoms with Crippen molar-refractivity contribution in [3.8, 4) is 0 Å². The lowest BCUT2D eigenvalue weighted by molar-refractivity contribution is -0.134. The van der Waals surface area contributed by atoms with Crippen LogP contribution in [0.15, 0.2) is 48.5 Å². The molecule has 1 aliphatic heterocycles. The fourth-order valence-electron chi connectivity index (χ4n) is 3.58. The Morgan fingerprint density at radius 1 is 1.07 bits per heavy atom. The van der Waals surface area contributed by atoms with E-state index in [-0.39, 0.29) is 18.5 Å². The number of urea groups is 1. The number of hydrogen-bond donors (Lipinski definition) is 2. The maximum absolute atomic E-state index is 13.5. The Bertz CT molecular complexity index is 953. The van der Waals surface area contributed by atoms with Crippen molar-refractivity contribution < 1.29 is 14.4 Å². The summed E-state index contributed by atoms with van der Waals surface area (Å²) in [4.78, 5) is 39.5. The number of carbonyl (C=O) groups excluding carboxylic acids is 3. The minimum Gasteiger partial charge on any atom is -0.352 e. The molecule has 6 heteroatoms. The Labute approximate surface area is 163 Å². The third-order valence-corrected chi connectivity index (χ3v) is 5.50. The van der Waals surface area contributed by atoms with Gasteiger partial charge >= 0.3 is 6.03 Å². The molecule has 144 valence electrons. The number of imide groups is 1. The highest BCUT2D eigenvalue weighted by Crippen LogP contribution is 2.36. The van der Waals surface area contributed by atoms with Crippen LogP contribution in [0.25, 0.3) is 0 Å². The fourth-order valence-corrected chi connectivity index (χ4v) is 3.58. The number of rotatable bonds is 5. The summed E-state index contributed by atoms with van der Waals surface area (Å²) in [7, 11) is 0. The quantitative estimate of drug-likeness (QED) is 0.786. The minimum atomic E-state index is -1.34. The summed E-state index contributed by atoms with van der Waals surface area (Å²) in [5.74, 6) is -0.743. The Morgan fingerprint density at radius 2 is 1.79 bits per heavy atom. The second-order valence-electron chi connectivity index (χ2n) is 7.58.